The van der Waals surface area contributed by atoms with Gasteiger partial charge in [0.2, 0.25) is 0 Å². The predicted octanol–water partition coefficient (Wildman–Crippen LogP) is 3.35. The molecule has 84 valence electrons. The summed E-state index contributed by atoms with van der Waals surface area (Å²) in [6.45, 7) is 0. The van der Waals surface area contributed by atoms with Gasteiger partial charge in [0.1, 0.15) is 11.2 Å². The highest BCUT2D eigenvalue weighted by Crippen LogP contribution is 2.31. The minimum absolute atomic E-state index is 0.0411. The molecule has 16 heavy (non-hydrogen) atoms. The number of pyridine rings is 1. The Balaban J connectivity index is 2.76. The van der Waals surface area contributed by atoms with Crippen molar-refractivity contribution in [3.05, 3.63) is 28.1 Å². The molecule has 0 aromatic carbocycles. The molecular formula is C8H2Cl2F3N3. The SMILES string of the molecule is FC(F)(F)c1ccc2c(Cl)nnc(Cl)c2n1. The number of fused-ring (bicyclic) bond motifs is 1. The molecule has 0 fully saturated rings. The van der Waals surface area contributed by atoms with E-state index < -0.39 is 11.9 Å². The van der Waals surface area contributed by atoms with Crippen LogP contribution in [0.15, 0.2) is 12.1 Å². The number of halogens is 5. The van der Waals surface area contributed by atoms with E-state index in [1.807, 2.05) is 0 Å². The maximum atomic E-state index is 12.4. The van der Waals surface area contributed by atoms with Crippen LogP contribution in [-0.2, 0) is 6.18 Å². The van der Waals surface area contributed by atoms with Crippen LogP contribution in [0.1, 0.15) is 5.69 Å². The molecule has 0 atom stereocenters. The van der Waals surface area contributed by atoms with Gasteiger partial charge in [0, 0.05) is 5.39 Å². The lowest BCUT2D eigenvalue weighted by Gasteiger charge is -2.07. The first-order valence-electron chi connectivity index (χ1n) is 3.95. The van der Waals surface area contributed by atoms with Crippen LogP contribution >= 0.6 is 23.2 Å². The lowest BCUT2D eigenvalue weighted by Crippen LogP contribution is -2.08. The van der Waals surface area contributed by atoms with Crippen LogP contribution < -0.4 is 0 Å². The summed E-state index contributed by atoms with van der Waals surface area (Å²) in [6, 6.07) is 1.97. The quantitative estimate of drug-likeness (QED) is 0.735. The van der Waals surface area contributed by atoms with Crippen molar-refractivity contribution in [2.24, 2.45) is 0 Å². The number of hydrogen-bond acceptors (Lipinski definition) is 3. The zero-order chi connectivity index (χ0) is 11.9. The second-order valence-electron chi connectivity index (χ2n) is 2.87. The van der Waals surface area contributed by atoms with Crippen LogP contribution in [0, 0.1) is 0 Å². The molecule has 0 saturated heterocycles. The van der Waals surface area contributed by atoms with E-state index in [-0.39, 0.29) is 21.2 Å². The topological polar surface area (TPSA) is 38.7 Å². The smallest absolute Gasteiger partial charge is 0.240 e. The van der Waals surface area contributed by atoms with Crippen molar-refractivity contribution in [1.82, 2.24) is 15.2 Å². The average molecular weight is 268 g/mol. The molecule has 0 aliphatic carbocycles. The van der Waals surface area contributed by atoms with Crippen LogP contribution in [0.5, 0.6) is 0 Å². The van der Waals surface area contributed by atoms with E-state index in [9.17, 15) is 13.2 Å². The van der Waals surface area contributed by atoms with E-state index in [0.29, 0.717) is 0 Å². The highest BCUT2D eigenvalue weighted by atomic mass is 35.5. The Morgan fingerprint density at radius 1 is 1.00 bits per heavy atom. The first-order valence-corrected chi connectivity index (χ1v) is 4.71. The number of alkyl halides is 3. The average Bonchev–Trinajstić information content (AvgIpc) is 2.22. The first kappa shape index (κ1) is 11.3. The normalized spacial score (nSPS) is 12.1. The summed E-state index contributed by atoms with van der Waals surface area (Å²) in [5.74, 6) is 0. The predicted molar refractivity (Wildman–Crippen MR) is 52.4 cm³/mol. The summed E-state index contributed by atoms with van der Waals surface area (Å²) in [4.78, 5) is 3.36. The summed E-state index contributed by atoms with van der Waals surface area (Å²) in [5, 5.41) is 6.82. The highest BCUT2D eigenvalue weighted by Gasteiger charge is 2.32. The molecule has 0 amide bonds. The van der Waals surface area contributed by atoms with Crippen LogP contribution in [0.3, 0.4) is 0 Å². The molecule has 2 aromatic heterocycles. The molecule has 3 nitrogen and oxygen atoms in total. The minimum Gasteiger partial charge on any atom is -0.240 e. The summed E-state index contributed by atoms with van der Waals surface area (Å²) in [7, 11) is 0. The van der Waals surface area contributed by atoms with Crippen LogP contribution in [0.25, 0.3) is 10.9 Å². The van der Waals surface area contributed by atoms with E-state index in [0.717, 1.165) is 12.1 Å². The molecular weight excluding hydrogens is 266 g/mol. The Hall–Kier alpha value is -1.14. The van der Waals surface area contributed by atoms with Crippen molar-refractivity contribution in [3.63, 3.8) is 0 Å². The summed E-state index contributed by atoms with van der Waals surface area (Å²) in [6.07, 6.45) is -4.53. The van der Waals surface area contributed by atoms with E-state index in [2.05, 4.69) is 15.2 Å². The second kappa shape index (κ2) is 3.71. The van der Waals surface area contributed by atoms with Gasteiger partial charge in [0.05, 0.1) is 0 Å². The van der Waals surface area contributed by atoms with Crippen molar-refractivity contribution in [3.8, 4) is 0 Å². The maximum Gasteiger partial charge on any atom is 0.433 e. The van der Waals surface area contributed by atoms with Crippen molar-refractivity contribution >= 4 is 34.1 Å². The van der Waals surface area contributed by atoms with Gasteiger partial charge < -0.3 is 0 Å². The summed E-state index contributed by atoms with van der Waals surface area (Å²) >= 11 is 11.2. The lowest BCUT2D eigenvalue weighted by molar-refractivity contribution is -0.140. The fourth-order valence-corrected chi connectivity index (χ4v) is 1.50. The Morgan fingerprint density at radius 2 is 1.62 bits per heavy atom. The molecule has 0 bridgehead atoms. The molecule has 2 heterocycles. The molecule has 2 aromatic rings. The summed E-state index contributed by atoms with van der Waals surface area (Å²) in [5.41, 5.74) is -1.16. The van der Waals surface area contributed by atoms with Crippen molar-refractivity contribution in [2.75, 3.05) is 0 Å². The van der Waals surface area contributed by atoms with Crippen molar-refractivity contribution in [1.29, 1.82) is 0 Å². The zero-order valence-electron chi connectivity index (χ0n) is 7.39. The molecule has 0 saturated carbocycles. The third-order valence-corrected chi connectivity index (χ3v) is 2.36. The number of aromatic nitrogens is 3. The molecule has 0 unspecified atom stereocenters. The zero-order valence-corrected chi connectivity index (χ0v) is 8.90. The molecule has 0 aliphatic rings. The molecule has 0 spiro atoms. The Labute approximate surface area is 97.2 Å². The van der Waals surface area contributed by atoms with Gasteiger partial charge in [0.25, 0.3) is 0 Å². The fraction of sp³-hybridized carbons (Fsp3) is 0.125. The third-order valence-electron chi connectivity index (χ3n) is 1.83. The van der Waals surface area contributed by atoms with Gasteiger partial charge in [-0.1, -0.05) is 23.2 Å². The molecule has 0 radical (unpaired) electrons. The van der Waals surface area contributed by atoms with E-state index in [1.54, 1.807) is 0 Å². The first-order chi connectivity index (χ1) is 7.39. The number of nitrogens with zero attached hydrogens (tertiary/aromatic N) is 3. The van der Waals surface area contributed by atoms with Gasteiger partial charge in [0.15, 0.2) is 10.3 Å². The lowest BCUT2D eigenvalue weighted by atomic mass is 10.2. The highest BCUT2D eigenvalue weighted by molar-refractivity contribution is 6.37. The second-order valence-corrected chi connectivity index (χ2v) is 3.59. The van der Waals surface area contributed by atoms with Crippen molar-refractivity contribution < 1.29 is 13.2 Å². The van der Waals surface area contributed by atoms with Gasteiger partial charge >= 0.3 is 6.18 Å². The third kappa shape index (κ3) is 1.90. The Bertz CT molecular complexity index is 556. The van der Waals surface area contributed by atoms with Gasteiger partial charge in [-0.3, -0.25) is 0 Å². The molecule has 8 heteroatoms. The van der Waals surface area contributed by atoms with Crippen LogP contribution in [0.2, 0.25) is 10.3 Å². The molecule has 0 N–H and O–H groups in total. The van der Waals surface area contributed by atoms with Gasteiger partial charge in [-0.2, -0.15) is 13.2 Å². The van der Waals surface area contributed by atoms with E-state index >= 15 is 0 Å². The fourth-order valence-electron chi connectivity index (χ4n) is 1.13. The van der Waals surface area contributed by atoms with Gasteiger partial charge in [-0.15, -0.1) is 10.2 Å². The Morgan fingerprint density at radius 3 is 2.25 bits per heavy atom. The monoisotopic (exact) mass is 267 g/mol. The number of rotatable bonds is 0. The standard InChI is InChI=1S/C8H2Cl2F3N3/c9-6-3-1-2-4(8(11,12)13)14-5(3)7(10)16-15-6/h1-2H. The van der Waals surface area contributed by atoms with E-state index in [1.165, 1.54) is 0 Å². The largest absolute Gasteiger partial charge is 0.433 e. The molecule has 2 rings (SSSR count). The van der Waals surface area contributed by atoms with Crippen LogP contribution in [0.4, 0.5) is 13.2 Å². The minimum atomic E-state index is -4.53. The van der Waals surface area contributed by atoms with Crippen molar-refractivity contribution in [2.45, 2.75) is 6.18 Å². The van der Waals surface area contributed by atoms with Gasteiger partial charge in [-0.25, -0.2) is 4.98 Å². The summed E-state index contributed by atoms with van der Waals surface area (Å²) < 4.78 is 37.1. The van der Waals surface area contributed by atoms with E-state index in [4.69, 9.17) is 23.2 Å². The molecule has 0 aliphatic heterocycles. The number of hydrogen-bond donors (Lipinski definition) is 0. The Kier molecular flexibility index (Phi) is 2.63. The maximum absolute atomic E-state index is 12.4. The van der Waals surface area contributed by atoms with Crippen LogP contribution in [-0.4, -0.2) is 15.2 Å². The van der Waals surface area contributed by atoms with Gasteiger partial charge in [-0.05, 0) is 12.1 Å².